The van der Waals surface area contributed by atoms with E-state index in [1.807, 2.05) is 0 Å². The second kappa shape index (κ2) is 4.92. The van der Waals surface area contributed by atoms with Crippen LogP contribution in [0.25, 0.3) is 0 Å². The van der Waals surface area contributed by atoms with Crippen molar-refractivity contribution in [3.05, 3.63) is 0 Å². The SMILES string of the molecule is O=C(COCC(F)(F)C(F)F)CC1CC1. The van der Waals surface area contributed by atoms with Gasteiger partial charge in [0.25, 0.3) is 0 Å². The molecule has 2 nitrogen and oxygen atoms in total. The Morgan fingerprint density at radius 2 is 2.00 bits per heavy atom. The zero-order chi connectivity index (χ0) is 11.5. The van der Waals surface area contributed by atoms with Gasteiger partial charge in [-0.15, -0.1) is 0 Å². The van der Waals surface area contributed by atoms with Gasteiger partial charge in [-0.1, -0.05) is 0 Å². The number of carbonyl (C=O) groups is 1. The van der Waals surface area contributed by atoms with Crippen LogP contribution in [0, 0.1) is 5.92 Å². The summed E-state index contributed by atoms with van der Waals surface area (Å²) in [5.41, 5.74) is 0. The lowest BCUT2D eigenvalue weighted by atomic mass is 10.2. The van der Waals surface area contributed by atoms with Crippen LogP contribution >= 0.6 is 0 Å². The van der Waals surface area contributed by atoms with Gasteiger partial charge >= 0.3 is 12.3 Å². The predicted octanol–water partition coefficient (Wildman–Crippen LogP) is 2.27. The molecule has 88 valence electrons. The third-order valence-corrected chi connectivity index (χ3v) is 2.09. The van der Waals surface area contributed by atoms with E-state index in [1.165, 1.54) is 0 Å². The van der Waals surface area contributed by atoms with Crippen LogP contribution < -0.4 is 0 Å². The quantitative estimate of drug-likeness (QED) is 0.625. The summed E-state index contributed by atoms with van der Waals surface area (Å²) in [6.45, 7) is -1.90. The molecular formula is C9H12F4O2. The van der Waals surface area contributed by atoms with E-state index in [9.17, 15) is 22.4 Å². The summed E-state index contributed by atoms with van der Waals surface area (Å²) in [7, 11) is 0. The molecule has 1 fully saturated rings. The maximum absolute atomic E-state index is 12.3. The number of carbonyl (C=O) groups excluding carboxylic acids is 1. The van der Waals surface area contributed by atoms with Crippen molar-refractivity contribution in [3.63, 3.8) is 0 Å². The maximum atomic E-state index is 12.3. The van der Waals surface area contributed by atoms with Crippen molar-refractivity contribution >= 4 is 5.78 Å². The number of halogens is 4. The molecule has 6 heteroatoms. The molecule has 0 N–H and O–H groups in total. The largest absolute Gasteiger partial charge is 0.367 e. The van der Waals surface area contributed by atoms with Crippen LogP contribution in [0.3, 0.4) is 0 Å². The number of alkyl halides is 4. The Hall–Kier alpha value is -0.650. The fourth-order valence-corrected chi connectivity index (χ4v) is 1.07. The molecule has 0 aromatic carbocycles. The van der Waals surface area contributed by atoms with Gasteiger partial charge in [0.2, 0.25) is 0 Å². The summed E-state index contributed by atoms with van der Waals surface area (Å²) < 4.78 is 52.1. The van der Waals surface area contributed by atoms with Crippen molar-refractivity contribution in [2.24, 2.45) is 5.92 Å². The standard InChI is InChI=1S/C9H12F4O2/c10-8(11)9(12,13)5-15-4-7(14)3-6-1-2-6/h6,8H,1-5H2. The fourth-order valence-electron chi connectivity index (χ4n) is 1.07. The number of hydrogen-bond acceptors (Lipinski definition) is 2. The molecule has 0 aromatic rings. The second-order valence-electron chi connectivity index (χ2n) is 3.74. The summed E-state index contributed by atoms with van der Waals surface area (Å²) in [5.74, 6) is -4.13. The van der Waals surface area contributed by atoms with Crippen molar-refractivity contribution in [1.29, 1.82) is 0 Å². The minimum atomic E-state index is -4.17. The summed E-state index contributed by atoms with van der Waals surface area (Å²) in [6, 6.07) is 0. The van der Waals surface area contributed by atoms with E-state index >= 15 is 0 Å². The predicted molar refractivity (Wildman–Crippen MR) is 44.1 cm³/mol. The number of rotatable bonds is 7. The lowest BCUT2D eigenvalue weighted by Crippen LogP contribution is -2.33. The van der Waals surface area contributed by atoms with Crippen LogP contribution in [0.5, 0.6) is 0 Å². The number of ether oxygens (including phenoxy) is 1. The van der Waals surface area contributed by atoms with Crippen LogP contribution in [0.1, 0.15) is 19.3 Å². The van der Waals surface area contributed by atoms with Gasteiger partial charge < -0.3 is 4.74 Å². The zero-order valence-electron chi connectivity index (χ0n) is 8.02. The van der Waals surface area contributed by atoms with E-state index in [2.05, 4.69) is 4.74 Å². The molecule has 0 unspecified atom stereocenters. The van der Waals surface area contributed by atoms with Gasteiger partial charge in [0.05, 0.1) is 0 Å². The molecule has 0 aliphatic heterocycles. The number of ketones is 1. The van der Waals surface area contributed by atoms with Gasteiger partial charge in [-0.25, -0.2) is 8.78 Å². The normalized spacial score (nSPS) is 17.1. The van der Waals surface area contributed by atoms with E-state index in [0.29, 0.717) is 12.3 Å². The average Bonchev–Trinajstić information content (AvgIpc) is 2.87. The second-order valence-corrected chi connectivity index (χ2v) is 3.74. The summed E-state index contributed by atoms with van der Waals surface area (Å²) in [5, 5.41) is 0. The van der Waals surface area contributed by atoms with E-state index in [4.69, 9.17) is 0 Å². The zero-order valence-corrected chi connectivity index (χ0v) is 8.02. The van der Waals surface area contributed by atoms with Gasteiger partial charge in [0.15, 0.2) is 5.78 Å². The Labute approximate surface area is 84.6 Å². The number of Topliss-reactive ketones (excluding diaryl/α,β-unsaturated/α-hetero) is 1. The molecule has 0 atom stereocenters. The van der Waals surface area contributed by atoms with Crippen LogP contribution in [0.15, 0.2) is 0 Å². The highest BCUT2D eigenvalue weighted by Gasteiger charge is 2.41. The topological polar surface area (TPSA) is 26.3 Å². The van der Waals surface area contributed by atoms with Gasteiger partial charge in [-0.2, -0.15) is 8.78 Å². The first-order valence-corrected chi connectivity index (χ1v) is 4.67. The molecule has 1 aliphatic rings. The summed E-state index contributed by atoms with van der Waals surface area (Å²) in [4.78, 5) is 11.0. The van der Waals surface area contributed by atoms with Crippen molar-refractivity contribution in [3.8, 4) is 0 Å². The highest BCUT2D eigenvalue weighted by molar-refractivity contribution is 5.80. The van der Waals surface area contributed by atoms with E-state index in [-0.39, 0.29) is 5.78 Å². The Bertz CT molecular complexity index is 226. The van der Waals surface area contributed by atoms with Crippen molar-refractivity contribution in [1.82, 2.24) is 0 Å². The monoisotopic (exact) mass is 228 g/mol. The first-order valence-electron chi connectivity index (χ1n) is 4.67. The van der Waals surface area contributed by atoms with Crippen molar-refractivity contribution in [2.75, 3.05) is 13.2 Å². The molecule has 0 bridgehead atoms. The Kier molecular flexibility index (Phi) is 4.07. The average molecular weight is 228 g/mol. The summed E-state index contributed by atoms with van der Waals surface area (Å²) >= 11 is 0. The Morgan fingerprint density at radius 1 is 1.40 bits per heavy atom. The van der Waals surface area contributed by atoms with Crippen LogP contribution in [0.2, 0.25) is 0 Å². The number of hydrogen-bond donors (Lipinski definition) is 0. The van der Waals surface area contributed by atoms with E-state index < -0.39 is 25.6 Å². The lowest BCUT2D eigenvalue weighted by Gasteiger charge is -2.14. The fraction of sp³-hybridized carbons (Fsp3) is 0.889. The Balaban J connectivity index is 2.11. The van der Waals surface area contributed by atoms with Crippen molar-refractivity contribution in [2.45, 2.75) is 31.6 Å². The van der Waals surface area contributed by atoms with Crippen molar-refractivity contribution < 1.29 is 27.1 Å². The molecule has 1 saturated carbocycles. The molecule has 0 aromatic heterocycles. The smallest absolute Gasteiger partial charge is 0.330 e. The van der Waals surface area contributed by atoms with Gasteiger partial charge in [0, 0.05) is 6.42 Å². The first-order chi connectivity index (χ1) is 6.92. The molecule has 1 aliphatic carbocycles. The third kappa shape index (κ3) is 4.59. The van der Waals surface area contributed by atoms with E-state index in [0.717, 1.165) is 12.8 Å². The lowest BCUT2D eigenvalue weighted by molar-refractivity contribution is -0.168. The molecule has 0 saturated heterocycles. The van der Waals surface area contributed by atoms with Gasteiger partial charge in [0.1, 0.15) is 13.2 Å². The molecular weight excluding hydrogens is 216 g/mol. The van der Waals surface area contributed by atoms with Crippen LogP contribution in [0.4, 0.5) is 17.6 Å². The van der Waals surface area contributed by atoms with Crippen LogP contribution in [-0.4, -0.2) is 31.3 Å². The van der Waals surface area contributed by atoms with Gasteiger partial charge in [-0.05, 0) is 18.8 Å². The minimum absolute atomic E-state index is 0.303. The third-order valence-electron chi connectivity index (χ3n) is 2.09. The molecule has 1 rings (SSSR count). The molecule has 0 heterocycles. The van der Waals surface area contributed by atoms with Gasteiger partial charge in [-0.3, -0.25) is 4.79 Å². The molecule has 0 radical (unpaired) electrons. The van der Waals surface area contributed by atoms with Crippen LogP contribution in [-0.2, 0) is 9.53 Å². The Morgan fingerprint density at radius 3 is 2.47 bits per heavy atom. The molecule has 0 amide bonds. The highest BCUT2D eigenvalue weighted by Crippen LogP contribution is 2.32. The first kappa shape index (κ1) is 12.4. The van der Waals surface area contributed by atoms with E-state index in [1.54, 1.807) is 0 Å². The molecule has 15 heavy (non-hydrogen) atoms. The molecule has 0 spiro atoms. The highest BCUT2D eigenvalue weighted by atomic mass is 19.3. The minimum Gasteiger partial charge on any atom is -0.367 e. The summed E-state index contributed by atoms with van der Waals surface area (Å²) in [6.07, 6.45) is -1.51. The maximum Gasteiger partial charge on any atom is 0.330 e.